The standard InChI is InChI=1S/3C8H20N2/c3*9-7-5-3-1-2-4-6-8-10/h3*1-10H2. The van der Waals surface area contributed by atoms with Crippen molar-refractivity contribution >= 4 is 0 Å². The van der Waals surface area contributed by atoms with Crippen LogP contribution in [0.5, 0.6) is 0 Å². The van der Waals surface area contributed by atoms with E-state index < -0.39 is 0 Å². The lowest BCUT2D eigenvalue weighted by Gasteiger charge is -1.97. The number of hydrogen-bond donors (Lipinski definition) is 6. The first-order valence-electron chi connectivity index (χ1n) is 12.9. The summed E-state index contributed by atoms with van der Waals surface area (Å²) in [5.74, 6) is 0. The maximum atomic E-state index is 5.35. The topological polar surface area (TPSA) is 156 Å². The first kappa shape index (κ1) is 34.4. The molecule has 0 aromatic carbocycles. The highest BCUT2D eigenvalue weighted by Crippen LogP contribution is 2.04. The summed E-state index contributed by atoms with van der Waals surface area (Å²) in [5.41, 5.74) is 32.1. The van der Waals surface area contributed by atoms with Crippen LogP contribution < -0.4 is 34.4 Å². The molecule has 0 spiro atoms. The maximum absolute atomic E-state index is 5.35. The predicted octanol–water partition coefficient (Wildman–Crippen LogP) is 3.73. The average Bonchev–Trinajstić information content (AvgIpc) is 2.77. The third kappa shape index (κ3) is 46.1. The Morgan fingerprint density at radius 2 is 0.267 bits per heavy atom. The van der Waals surface area contributed by atoms with Crippen molar-refractivity contribution in [1.29, 1.82) is 0 Å². The Hall–Kier alpha value is -0.240. The van der Waals surface area contributed by atoms with Crippen LogP contribution >= 0.6 is 0 Å². The van der Waals surface area contributed by atoms with Crippen molar-refractivity contribution in [2.24, 2.45) is 34.4 Å². The maximum Gasteiger partial charge on any atom is -0.00773 e. The van der Waals surface area contributed by atoms with Crippen LogP contribution in [0, 0.1) is 0 Å². The van der Waals surface area contributed by atoms with Crippen LogP contribution in [0.25, 0.3) is 0 Å². The van der Waals surface area contributed by atoms with Crippen LogP contribution in [-0.4, -0.2) is 39.3 Å². The number of unbranched alkanes of at least 4 members (excludes halogenated alkanes) is 15. The summed E-state index contributed by atoms with van der Waals surface area (Å²) in [6.07, 6.45) is 22.8. The Bertz CT molecular complexity index is 180. The second-order valence-corrected chi connectivity index (χ2v) is 8.10. The van der Waals surface area contributed by atoms with Crippen molar-refractivity contribution in [2.75, 3.05) is 39.3 Å². The zero-order chi connectivity index (χ0) is 23.0. The minimum atomic E-state index is 0.844. The highest BCUT2D eigenvalue weighted by atomic mass is 14.5. The van der Waals surface area contributed by atoms with E-state index >= 15 is 0 Å². The molecule has 6 nitrogen and oxygen atoms in total. The van der Waals surface area contributed by atoms with E-state index in [0.29, 0.717) is 0 Å². The van der Waals surface area contributed by atoms with Gasteiger partial charge in [0.2, 0.25) is 0 Å². The van der Waals surface area contributed by atoms with Gasteiger partial charge in [-0.25, -0.2) is 0 Å². The average molecular weight is 433 g/mol. The van der Waals surface area contributed by atoms with Gasteiger partial charge in [0.25, 0.3) is 0 Å². The molecule has 0 rings (SSSR count). The van der Waals surface area contributed by atoms with Gasteiger partial charge in [0.15, 0.2) is 0 Å². The fourth-order valence-electron chi connectivity index (χ4n) is 2.99. The Morgan fingerprint density at radius 1 is 0.167 bits per heavy atom. The molecule has 0 radical (unpaired) electrons. The molecule has 0 saturated heterocycles. The summed E-state index contributed by atoms with van der Waals surface area (Å²) in [5, 5.41) is 0. The molecule has 0 aromatic rings. The van der Waals surface area contributed by atoms with Crippen LogP contribution in [0.4, 0.5) is 0 Å². The summed E-state index contributed by atoms with van der Waals surface area (Å²) < 4.78 is 0. The van der Waals surface area contributed by atoms with Gasteiger partial charge in [0.1, 0.15) is 0 Å². The Balaban J connectivity index is -0.000000364. The minimum absolute atomic E-state index is 0.844. The Kier molecular flexibility index (Phi) is 45.0. The predicted molar refractivity (Wildman–Crippen MR) is 137 cm³/mol. The van der Waals surface area contributed by atoms with Crippen LogP contribution in [0.15, 0.2) is 0 Å². The Morgan fingerprint density at radius 3 is 0.367 bits per heavy atom. The second kappa shape index (κ2) is 39.3. The van der Waals surface area contributed by atoms with Crippen molar-refractivity contribution in [3.63, 3.8) is 0 Å². The summed E-state index contributed by atoms with van der Waals surface area (Å²) in [6, 6.07) is 0. The summed E-state index contributed by atoms with van der Waals surface area (Å²) in [7, 11) is 0. The second-order valence-electron chi connectivity index (χ2n) is 8.10. The molecule has 0 bridgehead atoms. The van der Waals surface area contributed by atoms with E-state index in [1.165, 1.54) is 116 Å². The summed E-state index contributed by atoms with van der Waals surface area (Å²) in [4.78, 5) is 0. The molecule has 12 N–H and O–H groups in total. The molecule has 0 atom stereocenters. The zero-order valence-corrected chi connectivity index (χ0v) is 20.4. The lowest BCUT2D eigenvalue weighted by Crippen LogP contribution is -1.99. The van der Waals surface area contributed by atoms with E-state index in [1.54, 1.807) is 0 Å². The van der Waals surface area contributed by atoms with Gasteiger partial charge in [-0.3, -0.25) is 0 Å². The third-order valence-corrected chi connectivity index (χ3v) is 4.97. The van der Waals surface area contributed by atoms with Crippen LogP contribution in [0.3, 0.4) is 0 Å². The normalized spacial score (nSPS) is 10.2. The van der Waals surface area contributed by atoms with E-state index in [-0.39, 0.29) is 0 Å². The number of hydrogen-bond acceptors (Lipinski definition) is 6. The molecule has 0 aromatic heterocycles. The van der Waals surface area contributed by atoms with Gasteiger partial charge in [-0.1, -0.05) is 77.0 Å². The molecule has 0 aliphatic rings. The molecular weight excluding hydrogens is 372 g/mol. The SMILES string of the molecule is NCCCCCCCCN.NCCCCCCCCN.NCCCCCCCCN. The first-order valence-corrected chi connectivity index (χ1v) is 12.9. The number of rotatable bonds is 21. The molecule has 0 unspecified atom stereocenters. The quantitative estimate of drug-likeness (QED) is 0.152. The highest BCUT2D eigenvalue weighted by Gasteiger charge is 1.89. The molecule has 0 aliphatic heterocycles. The fraction of sp³-hybridized carbons (Fsp3) is 1.00. The monoisotopic (exact) mass is 432 g/mol. The van der Waals surface area contributed by atoms with E-state index in [0.717, 1.165) is 39.3 Å². The largest absolute Gasteiger partial charge is 0.330 e. The van der Waals surface area contributed by atoms with E-state index in [1.807, 2.05) is 0 Å². The van der Waals surface area contributed by atoms with Gasteiger partial charge < -0.3 is 34.4 Å². The Labute approximate surface area is 189 Å². The van der Waals surface area contributed by atoms with Crippen molar-refractivity contribution in [2.45, 2.75) is 116 Å². The van der Waals surface area contributed by atoms with Crippen molar-refractivity contribution in [3.05, 3.63) is 0 Å². The van der Waals surface area contributed by atoms with E-state index in [2.05, 4.69) is 0 Å². The first-order chi connectivity index (χ1) is 14.7. The summed E-state index contributed by atoms with van der Waals surface area (Å²) in [6.45, 7) is 5.06. The lowest BCUT2D eigenvalue weighted by molar-refractivity contribution is 0.601. The zero-order valence-electron chi connectivity index (χ0n) is 20.4. The van der Waals surface area contributed by atoms with Gasteiger partial charge in [-0.2, -0.15) is 0 Å². The lowest BCUT2D eigenvalue weighted by atomic mass is 10.1. The van der Waals surface area contributed by atoms with Crippen LogP contribution in [-0.2, 0) is 0 Å². The van der Waals surface area contributed by atoms with Crippen molar-refractivity contribution in [1.82, 2.24) is 0 Å². The molecule has 0 fully saturated rings. The van der Waals surface area contributed by atoms with Crippen LogP contribution in [0.2, 0.25) is 0 Å². The smallest absolute Gasteiger partial charge is 0.00773 e. The van der Waals surface area contributed by atoms with Gasteiger partial charge >= 0.3 is 0 Å². The molecule has 0 heterocycles. The molecular formula is C24H60N6. The van der Waals surface area contributed by atoms with Gasteiger partial charge in [0, 0.05) is 0 Å². The van der Waals surface area contributed by atoms with Crippen LogP contribution in [0.1, 0.15) is 116 Å². The molecule has 0 amide bonds. The third-order valence-electron chi connectivity index (χ3n) is 4.97. The molecule has 186 valence electrons. The molecule has 0 saturated carbocycles. The summed E-state index contributed by atoms with van der Waals surface area (Å²) >= 11 is 0. The highest BCUT2D eigenvalue weighted by molar-refractivity contribution is 4.47. The van der Waals surface area contributed by atoms with Gasteiger partial charge in [-0.05, 0) is 77.8 Å². The van der Waals surface area contributed by atoms with Crippen molar-refractivity contribution < 1.29 is 0 Å². The molecule has 30 heavy (non-hydrogen) atoms. The van der Waals surface area contributed by atoms with Crippen molar-refractivity contribution in [3.8, 4) is 0 Å². The van der Waals surface area contributed by atoms with E-state index in [9.17, 15) is 0 Å². The molecule has 0 aliphatic carbocycles. The van der Waals surface area contributed by atoms with Gasteiger partial charge in [0.05, 0.1) is 0 Å². The number of nitrogens with two attached hydrogens (primary N) is 6. The van der Waals surface area contributed by atoms with Gasteiger partial charge in [-0.15, -0.1) is 0 Å². The fourth-order valence-corrected chi connectivity index (χ4v) is 2.99. The minimum Gasteiger partial charge on any atom is -0.330 e. The molecule has 6 heteroatoms. The van der Waals surface area contributed by atoms with E-state index in [4.69, 9.17) is 34.4 Å².